The van der Waals surface area contributed by atoms with E-state index in [1.54, 1.807) is 24.7 Å². The Bertz CT molecular complexity index is 660. The van der Waals surface area contributed by atoms with E-state index in [1.807, 2.05) is 24.3 Å². The summed E-state index contributed by atoms with van der Waals surface area (Å²) < 4.78 is 4.92. The molecule has 0 aliphatic heterocycles. The van der Waals surface area contributed by atoms with Crippen molar-refractivity contribution in [3.05, 3.63) is 65.6 Å². The van der Waals surface area contributed by atoms with Crippen molar-refractivity contribution in [2.75, 3.05) is 6.54 Å². The fraction of sp³-hybridized carbons (Fsp3) is 0.235. The second kappa shape index (κ2) is 5.58. The highest BCUT2D eigenvalue weighted by atomic mass is 16.3. The lowest BCUT2D eigenvalue weighted by Gasteiger charge is -2.24. The van der Waals surface area contributed by atoms with Crippen molar-refractivity contribution in [2.24, 2.45) is 0 Å². The zero-order valence-corrected chi connectivity index (χ0v) is 11.6. The summed E-state index contributed by atoms with van der Waals surface area (Å²) in [5.41, 5.74) is 1.94. The molecular formula is C17H17NO3. The van der Waals surface area contributed by atoms with Gasteiger partial charge in [-0.2, -0.15) is 0 Å². The van der Waals surface area contributed by atoms with Crippen molar-refractivity contribution in [3.8, 4) is 0 Å². The number of rotatable bonds is 4. The third-order valence-electron chi connectivity index (χ3n) is 3.85. The molecule has 1 heterocycles. The van der Waals surface area contributed by atoms with Gasteiger partial charge in [-0.3, -0.25) is 4.79 Å². The van der Waals surface area contributed by atoms with E-state index in [0.29, 0.717) is 6.42 Å². The van der Waals surface area contributed by atoms with Gasteiger partial charge >= 0.3 is 0 Å². The first-order chi connectivity index (χ1) is 10.2. The summed E-state index contributed by atoms with van der Waals surface area (Å²) in [5.74, 6) is -0.228. The van der Waals surface area contributed by atoms with Gasteiger partial charge in [-0.15, -0.1) is 0 Å². The number of carbonyl (C=O) groups excluding carboxylic acids is 1. The molecule has 1 aromatic heterocycles. The Hall–Kier alpha value is -2.33. The van der Waals surface area contributed by atoms with Gasteiger partial charge in [0.05, 0.1) is 19.1 Å². The van der Waals surface area contributed by atoms with E-state index in [4.69, 9.17) is 4.42 Å². The van der Waals surface area contributed by atoms with Gasteiger partial charge in [0, 0.05) is 11.6 Å². The molecule has 1 aliphatic carbocycles. The number of hydrogen-bond acceptors (Lipinski definition) is 3. The van der Waals surface area contributed by atoms with Crippen LogP contribution in [0.25, 0.3) is 6.08 Å². The monoisotopic (exact) mass is 283 g/mol. The number of furan rings is 1. The number of amides is 1. The third-order valence-corrected chi connectivity index (χ3v) is 3.85. The molecule has 3 rings (SSSR count). The molecule has 2 N–H and O–H groups in total. The van der Waals surface area contributed by atoms with Gasteiger partial charge in [0.2, 0.25) is 5.91 Å². The summed E-state index contributed by atoms with van der Waals surface area (Å²) in [6.45, 7) is 0.221. The van der Waals surface area contributed by atoms with Crippen LogP contribution in [0.3, 0.4) is 0 Å². The normalized spacial score (nSPS) is 20.6. The van der Waals surface area contributed by atoms with Gasteiger partial charge in [0.1, 0.15) is 5.60 Å². The lowest BCUT2D eigenvalue weighted by molar-refractivity contribution is -0.117. The van der Waals surface area contributed by atoms with Crippen LogP contribution < -0.4 is 5.32 Å². The molecule has 4 heteroatoms. The summed E-state index contributed by atoms with van der Waals surface area (Å²) in [5, 5.41) is 13.5. The highest BCUT2D eigenvalue weighted by Crippen LogP contribution is 2.36. The van der Waals surface area contributed by atoms with Crippen LogP contribution in [0.2, 0.25) is 0 Å². The van der Waals surface area contributed by atoms with Crippen molar-refractivity contribution in [3.63, 3.8) is 0 Å². The summed E-state index contributed by atoms with van der Waals surface area (Å²) in [7, 11) is 0. The van der Waals surface area contributed by atoms with Crippen LogP contribution in [-0.2, 0) is 16.8 Å². The lowest BCUT2D eigenvalue weighted by atomic mass is 9.96. The van der Waals surface area contributed by atoms with Crippen LogP contribution in [0.4, 0.5) is 0 Å². The number of carbonyl (C=O) groups is 1. The minimum atomic E-state index is -0.963. The molecule has 1 unspecified atom stereocenters. The molecular weight excluding hydrogens is 266 g/mol. The molecule has 0 fully saturated rings. The van der Waals surface area contributed by atoms with E-state index in [1.165, 1.54) is 6.08 Å². The Balaban J connectivity index is 1.62. The first-order valence-electron chi connectivity index (χ1n) is 6.96. The number of fused-ring (bicyclic) bond motifs is 1. The van der Waals surface area contributed by atoms with Crippen LogP contribution in [0, 0.1) is 0 Å². The summed E-state index contributed by atoms with van der Waals surface area (Å²) in [6.07, 6.45) is 7.70. The molecule has 108 valence electrons. The van der Waals surface area contributed by atoms with Crippen LogP contribution in [-0.4, -0.2) is 17.6 Å². The lowest BCUT2D eigenvalue weighted by Crippen LogP contribution is -2.38. The fourth-order valence-corrected chi connectivity index (χ4v) is 2.69. The first kappa shape index (κ1) is 13.6. The van der Waals surface area contributed by atoms with E-state index < -0.39 is 5.60 Å². The van der Waals surface area contributed by atoms with E-state index in [2.05, 4.69) is 5.32 Å². The van der Waals surface area contributed by atoms with Gasteiger partial charge in [-0.1, -0.05) is 24.3 Å². The molecule has 0 bridgehead atoms. The molecule has 0 saturated heterocycles. The van der Waals surface area contributed by atoms with Gasteiger partial charge in [-0.05, 0) is 36.1 Å². The van der Waals surface area contributed by atoms with E-state index in [0.717, 1.165) is 23.1 Å². The van der Waals surface area contributed by atoms with Crippen LogP contribution >= 0.6 is 0 Å². The highest BCUT2D eigenvalue weighted by Gasteiger charge is 2.36. The predicted molar refractivity (Wildman–Crippen MR) is 79.4 cm³/mol. The second-order valence-corrected chi connectivity index (χ2v) is 5.30. The van der Waals surface area contributed by atoms with Crippen LogP contribution in [0.1, 0.15) is 23.1 Å². The maximum Gasteiger partial charge on any atom is 0.244 e. The smallest absolute Gasteiger partial charge is 0.244 e. The summed E-state index contributed by atoms with van der Waals surface area (Å²) >= 11 is 0. The number of aryl methyl sites for hydroxylation is 1. The van der Waals surface area contributed by atoms with E-state index >= 15 is 0 Å². The van der Waals surface area contributed by atoms with Gasteiger partial charge in [-0.25, -0.2) is 0 Å². The Morgan fingerprint density at radius 3 is 3.05 bits per heavy atom. The summed E-state index contributed by atoms with van der Waals surface area (Å²) in [6, 6.07) is 9.60. The third kappa shape index (κ3) is 2.90. The van der Waals surface area contributed by atoms with Crippen LogP contribution in [0.5, 0.6) is 0 Å². The molecule has 1 amide bonds. The predicted octanol–water partition coefficient (Wildman–Crippen LogP) is 2.24. The van der Waals surface area contributed by atoms with Crippen molar-refractivity contribution in [1.82, 2.24) is 5.32 Å². The average Bonchev–Trinajstić information content (AvgIpc) is 3.13. The maximum atomic E-state index is 11.8. The Morgan fingerprint density at radius 2 is 2.24 bits per heavy atom. The van der Waals surface area contributed by atoms with Crippen molar-refractivity contribution >= 4 is 12.0 Å². The van der Waals surface area contributed by atoms with Gasteiger partial charge < -0.3 is 14.8 Å². The molecule has 0 saturated carbocycles. The zero-order chi connectivity index (χ0) is 14.7. The molecule has 4 nitrogen and oxygen atoms in total. The quantitative estimate of drug-likeness (QED) is 0.846. The van der Waals surface area contributed by atoms with Gasteiger partial charge in [0.25, 0.3) is 0 Å². The molecule has 1 aromatic carbocycles. The molecule has 2 aromatic rings. The minimum absolute atomic E-state index is 0.221. The maximum absolute atomic E-state index is 11.8. The van der Waals surface area contributed by atoms with Crippen molar-refractivity contribution in [2.45, 2.75) is 18.4 Å². The standard InChI is InChI=1S/C17H17NO3/c19-16(6-5-13-8-10-21-11-13)18-12-17(20)9-7-14-3-1-2-4-15(14)17/h1-6,8,10-11,20H,7,9,12H2,(H,18,19). The zero-order valence-electron chi connectivity index (χ0n) is 11.6. The second-order valence-electron chi connectivity index (χ2n) is 5.30. The van der Waals surface area contributed by atoms with Crippen molar-refractivity contribution < 1.29 is 14.3 Å². The largest absolute Gasteiger partial charge is 0.472 e. The van der Waals surface area contributed by atoms with E-state index in [-0.39, 0.29) is 12.5 Å². The molecule has 21 heavy (non-hydrogen) atoms. The molecule has 0 radical (unpaired) electrons. The Kier molecular flexibility index (Phi) is 3.62. The van der Waals surface area contributed by atoms with Crippen molar-refractivity contribution in [1.29, 1.82) is 0 Å². The van der Waals surface area contributed by atoms with Crippen LogP contribution in [0.15, 0.2) is 53.4 Å². The van der Waals surface area contributed by atoms with E-state index in [9.17, 15) is 9.90 Å². The first-order valence-corrected chi connectivity index (χ1v) is 6.96. The number of nitrogens with one attached hydrogen (secondary N) is 1. The van der Waals surface area contributed by atoms with Gasteiger partial charge in [0.15, 0.2) is 0 Å². The minimum Gasteiger partial charge on any atom is -0.472 e. The molecule has 0 spiro atoms. The SMILES string of the molecule is O=C(C=Cc1ccoc1)NCC1(O)CCc2ccccc21. The average molecular weight is 283 g/mol. The number of hydrogen-bond donors (Lipinski definition) is 2. The highest BCUT2D eigenvalue weighted by molar-refractivity contribution is 5.91. The molecule has 1 atom stereocenters. The fourth-order valence-electron chi connectivity index (χ4n) is 2.69. The summed E-state index contributed by atoms with van der Waals surface area (Å²) in [4.78, 5) is 11.8. The number of benzene rings is 1. The topological polar surface area (TPSA) is 62.5 Å². The Labute approximate surface area is 123 Å². The Morgan fingerprint density at radius 1 is 1.38 bits per heavy atom. The molecule has 1 aliphatic rings. The number of aliphatic hydroxyl groups is 1.